The smallest absolute Gasteiger partial charge is 0.337 e. The maximum atomic E-state index is 14.2. The number of likely N-dealkylation sites (tertiary alicyclic amines) is 1. The molecule has 0 bridgehead atoms. The van der Waals surface area contributed by atoms with Crippen LogP contribution in [0.25, 0.3) is 5.69 Å². The zero-order valence-electron chi connectivity index (χ0n) is 15.9. The number of halogens is 2. The topological polar surface area (TPSA) is 77.2 Å². The molecule has 0 aliphatic carbocycles. The van der Waals surface area contributed by atoms with Gasteiger partial charge in [-0.05, 0) is 43.2 Å². The van der Waals surface area contributed by atoms with Gasteiger partial charge in [0.05, 0.1) is 12.2 Å². The number of aromatic nitrogens is 3. The monoisotopic (exact) mass is 428 g/mol. The molecule has 2 heterocycles. The largest absolute Gasteiger partial charge is 0.352 e. The molecule has 0 N–H and O–H groups in total. The van der Waals surface area contributed by atoms with Gasteiger partial charge in [-0.3, -0.25) is 14.2 Å². The lowest BCUT2D eigenvalue weighted by atomic mass is 10.2. The van der Waals surface area contributed by atoms with Gasteiger partial charge in [-0.25, -0.2) is 9.18 Å². The summed E-state index contributed by atoms with van der Waals surface area (Å²) in [6.07, 6.45) is 1.68. The zero-order chi connectivity index (χ0) is 21.3. The van der Waals surface area contributed by atoms with E-state index in [1.807, 2.05) is 0 Å². The Balaban J connectivity index is 1.90. The Morgan fingerprint density at radius 3 is 2.37 bits per heavy atom. The summed E-state index contributed by atoms with van der Waals surface area (Å²) < 4.78 is 16.0. The standard InChI is InChI=1S/C21H18ClFN4O3/c22-15-7-9-16(10-8-15)27-21(30)26(13-14-5-1-2-6-17(14)23)20(29)18(24-27)19(28)25-11-3-4-12-25/h1-2,5-10H,3-4,11-13H2. The highest BCUT2D eigenvalue weighted by Crippen LogP contribution is 2.13. The predicted octanol–water partition coefficient (Wildman–Crippen LogP) is 2.47. The molecule has 1 amide bonds. The van der Waals surface area contributed by atoms with Gasteiger partial charge in [-0.1, -0.05) is 29.8 Å². The molecule has 1 saturated heterocycles. The normalized spacial score (nSPS) is 13.6. The average molecular weight is 429 g/mol. The first kappa shape index (κ1) is 20.0. The number of rotatable bonds is 4. The highest BCUT2D eigenvalue weighted by Gasteiger charge is 2.27. The second-order valence-electron chi connectivity index (χ2n) is 7.00. The van der Waals surface area contributed by atoms with Crippen LogP contribution in [0.3, 0.4) is 0 Å². The third-order valence-electron chi connectivity index (χ3n) is 5.01. The van der Waals surface area contributed by atoms with Crippen molar-refractivity contribution in [2.45, 2.75) is 19.4 Å². The molecule has 0 radical (unpaired) electrons. The number of nitrogens with zero attached hydrogens (tertiary/aromatic N) is 4. The van der Waals surface area contributed by atoms with Crippen LogP contribution in [0, 0.1) is 5.82 Å². The Morgan fingerprint density at radius 2 is 1.70 bits per heavy atom. The molecule has 0 unspecified atom stereocenters. The summed E-state index contributed by atoms with van der Waals surface area (Å²) in [4.78, 5) is 40.6. The molecular weight excluding hydrogens is 411 g/mol. The summed E-state index contributed by atoms with van der Waals surface area (Å²) >= 11 is 5.92. The van der Waals surface area contributed by atoms with E-state index in [0.29, 0.717) is 23.8 Å². The molecule has 9 heteroatoms. The Kier molecular flexibility index (Phi) is 5.50. The van der Waals surface area contributed by atoms with Gasteiger partial charge >= 0.3 is 5.69 Å². The molecule has 154 valence electrons. The lowest BCUT2D eigenvalue weighted by Gasteiger charge is -2.16. The van der Waals surface area contributed by atoms with Crippen molar-refractivity contribution >= 4 is 17.5 Å². The van der Waals surface area contributed by atoms with E-state index in [-0.39, 0.29) is 17.8 Å². The molecule has 7 nitrogen and oxygen atoms in total. The number of hydrogen-bond donors (Lipinski definition) is 0. The van der Waals surface area contributed by atoms with Crippen LogP contribution in [0.2, 0.25) is 5.02 Å². The van der Waals surface area contributed by atoms with Gasteiger partial charge in [0.2, 0.25) is 5.69 Å². The molecule has 0 saturated carbocycles. The van der Waals surface area contributed by atoms with E-state index in [9.17, 15) is 18.8 Å². The van der Waals surface area contributed by atoms with E-state index in [1.54, 1.807) is 30.3 Å². The summed E-state index contributed by atoms with van der Waals surface area (Å²) in [5.41, 5.74) is -1.50. The van der Waals surface area contributed by atoms with Gasteiger partial charge in [-0.15, -0.1) is 0 Å². The van der Waals surface area contributed by atoms with Crippen LogP contribution < -0.4 is 11.2 Å². The molecule has 0 atom stereocenters. The molecule has 1 aliphatic heterocycles. The van der Waals surface area contributed by atoms with Crippen LogP contribution in [0.4, 0.5) is 4.39 Å². The fourth-order valence-corrected chi connectivity index (χ4v) is 3.53. The maximum absolute atomic E-state index is 14.2. The Bertz CT molecular complexity index is 1210. The summed E-state index contributed by atoms with van der Waals surface area (Å²) in [5.74, 6) is -1.09. The highest BCUT2D eigenvalue weighted by atomic mass is 35.5. The van der Waals surface area contributed by atoms with Crippen molar-refractivity contribution < 1.29 is 9.18 Å². The first-order chi connectivity index (χ1) is 14.5. The van der Waals surface area contributed by atoms with Crippen molar-refractivity contribution in [1.29, 1.82) is 0 Å². The molecule has 1 aromatic heterocycles. The molecular formula is C21H18ClFN4O3. The third-order valence-corrected chi connectivity index (χ3v) is 5.27. The van der Waals surface area contributed by atoms with Gasteiger partial charge < -0.3 is 4.90 Å². The molecule has 1 aliphatic rings. The van der Waals surface area contributed by atoms with E-state index in [1.165, 1.54) is 23.1 Å². The fraction of sp³-hybridized carbons (Fsp3) is 0.238. The molecule has 2 aromatic carbocycles. The minimum absolute atomic E-state index is 0.158. The summed E-state index contributed by atoms with van der Waals surface area (Å²) in [6, 6.07) is 12.1. The molecule has 1 fully saturated rings. The van der Waals surface area contributed by atoms with Crippen molar-refractivity contribution in [3.05, 3.63) is 91.5 Å². The lowest BCUT2D eigenvalue weighted by molar-refractivity contribution is 0.0781. The molecule has 4 rings (SSSR count). The second-order valence-corrected chi connectivity index (χ2v) is 7.44. The van der Waals surface area contributed by atoms with Crippen LogP contribution in [0.1, 0.15) is 28.9 Å². The van der Waals surface area contributed by atoms with E-state index in [4.69, 9.17) is 11.6 Å². The van der Waals surface area contributed by atoms with E-state index in [2.05, 4.69) is 5.10 Å². The second kappa shape index (κ2) is 8.23. The van der Waals surface area contributed by atoms with Crippen LogP contribution in [0.15, 0.2) is 58.1 Å². The van der Waals surface area contributed by atoms with Crippen molar-refractivity contribution in [3.63, 3.8) is 0 Å². The van der Waals surface area contributed by atoms with E-state index >= 15 is 0 Å². The molecule has 30 heavy (non-hydrogen) atoms. The SMILES string of the molecule is O=C(c1nn(-c2ccc(Cl)cc2)c(=O)n(Cc2ccccc2F)c1=O)N1CCCC1. The Labute approximate surface area is 175 Å². The maximum Gasteiger partial charge on any atom is 0.352 e. The minimum atomic E-state index is -0.842. The number of carbonyl (C=O) groups is 1. The number of hydrogen-bond acceptors (Lipinski definition) is 4. The van der Waals surface area contributed by atoms with Crippen LogP contribution in [-0.2, 0) is 6.54 Å². The average Bonchev–Trinajstić information content (AvgIpc) is 3.28. The number of benzene rings is 2. The van der Waals surface area contributed by atoms with E-state index in [0.717, 1.165) is 22.1 Å². The third kappa shape index (κ3) is 3.78. The van der Waals surface area contributed by atoms with Crippen LogP contribution in [0.5, 0.6) is 0 Å². The summed E-state index contributed by atoms with van der Waals surface area (Å²) in [7, 11) is 0. The highest BCUT2D eigenvalue weighted by molar-refractivity contribution is 6.30. The van der Waals surface area contributed by atoms with Crippen molar-refractivity contribution in [2.75, 3.05) is 13.1 Å². The van der Waals surface area contributed by atoms with Gasteiger partial charge in [0.15, 0.2) is 0 Å². The first-order valence-electron chi connectivity index (χ1n) is 9.48. The predicted molar refractivity (Wildman–Crippen MR) is 110 cm³/mol. The zero-order valence-corrected chi connectivity index (χ0v) is 16.7. The Morgan fingerprint density at radius 1 is 1.03 bits per heavy atom. The van der Waals surface area contributed by atoms with Crippen molar-refractivity contribution in [1.82, 2.24) is 19.2 Å². The van der Waals surface area contributed by atoms with Gasteiger partial charge in [0.1, 0.15) is 5.82 Å². The van der Waals surface area contributed by atoms with Crippen molar-refractivity contribution in [2.24, 2.45) is 0 Å². The molecule has 0 spiro atoms. The number of amides is 1. The summed E-state index contributed by atoms with van der Waals surface area (Å²) in [5, 5.41) is 4.54. The van der Waals surface area contributed by atoms with Gasteiger partial charge in [0, 0.05) is 23.7 Å². The lowest BCUT2D eigenvalue weighted by Crippen LogP contribution is -2.46. The minimum Gasteiger partial charge on any atom is -0.337 e. The quantitative estimate of drug-likeness (QED) is 0.639. The fourth-order valence-electron chi connectivity index (χ4n) is 3.41. The van der Waals surface area contributed by atoms with E-state index < -0.39 is 23.0 Å². The van der Waals surface area contributed by atoms with Crippen molar-refractivity contribution in [3.8, 4) is 5.69 Å². The van der Waals surface area contributed by atoms with Gasteiger partial charge in [-0.2, -0.15) is 9.78 Å². The first-order valence-corrected chi connectivity index (χ1v) is 9.86. The molecule has 3 aromatic rings. The van der Waals surface area contributed by atoms with Gasteiger partial charge in [0.25, 0.3) is 11.5 Å². The Hall–Kier alpha value is -3.26. The van der Waals surface area contributed by atoms with Crippen LogP contribution in [-0.4, -0.2) is 38.2 Å². The number of carbonyl (C=O) groups excluding carboxylic acids is 1. The van der Waals surface area contributed by atoms with Crippen LogP contribution >= 0.6 is 11.6 Å². The summed E-state index contributed by atoms with van der Waals surface area (Å²) in [6.45, 7) is 0.724.